The molecule has 2 heteroatoms. The zero-order valence-corrected chi connectivity index (χ0v) is 11.8. The molecule has 2 aliphatic rings. The highest BCUT2D eigenvalue weighted by atomic mass is 16.5. The predicted octanol–water partition coefficient (Wildman–Crippen LogP) is 3.36. The minimum atomic E-state index is 0.496. The van der Waals surface area contributed by atoms with Gasteiger partial charge in [0.1, 0.15) is 0 Å². The lowest BCUT2D eigenvalue weighted by atomic mass is 9.71. The first kappa shape index (κ1) is 13.4. The maximum absolute atomic E-state index is 5.66. The molecule has 0 amide bonds. The summed E-state index contributed by atoms with van der Waals surface area (Å²) in [5.74, 6) is 0.920. The Hall–Kier alpha value is -0.0800. The lowest BCUT2D eigenvalue weighted by Crippen LogP contribution is -2.39. The van der Waals surface area contributed by atoms with Gasteiger partial charge in [0.25, 0.3) is 0 Å². The van der Waals surface area contributed by atoms with E-state index in [9.17, 15) is 0 Å². The Morgan fingerprint density at radius 3 is 2.29 bits per heavy atom. The van der Waals surface area contributed by atoms with Crippen molar-refractivity contribution in [3.8, 4) is 0 Å². The van der Waals surface area contributed by atoms with Gasteiger partial charge in [-0.15, -0.1) is 0 Å². The molecule has 1 heterocycles. The SMILES string of the molecule is CC(C)(C)C1CCC(NC[C@@H]2CCCO2)CC1. The van der Waals surface area contributed by atoms with Crippen LogP contribution in [0, 0.1) is 11.3 Å². The van der Waals surface area contributed by atoms with Crippen LogP contribution in [0.25, 0.3) is 0 Å². The maximum atomic E-state index is 5.66. The molecule has 2 nitrogen and oxygen atoms in total. The summed E-state index contributed by atoms with van der Waals surface area (Å²) in [4.78, 5) is 0. The second-order valence-electron chi connectivity index (χ2n) is 6.96. The Balaban J connectivity index is 1.65. The van der Waals surface area contributed by atoms with Crippen molar-refractivity contribution in [3.63, 3.8) is 0 Å². The Kier molecular flexibility index (Phi) is 4.48. The van der Waals surface area contributed by atoms with Crippen LogP contribution in [0.1, 0.15) is 59.3 Å². The zero-order chi connectivity index (χ0) is 12.3. The third-order valence-corrected chi connectivity index (χ3v) is 4.61. The third-order valence-electron chi connectivity index (χ3n) is 4.61. The molecular weight excluding hydrogens is 210 g/mol. The van der Waals surface area contributed by atoms with E-state index in [0.717, 1.165) is 25.1 Å². The highest BCUT2D eigenvalue weighted by molar-refractivity contribution is 4.84. The summed E-state index contributed by atoms with van der Waals surface area (Å²) < 4.78 is 5.66. The van der Waals surface area contributed by atoms with Crippen molar-refractivity contribution < 1.29 is 4.74 Å². The molecule has 1 N–H and O–H groups in total. The van der Waals surface area contributed by atoms with Crippen LogP contribution in [0.4, 0.5) is 0 Å². The van der Waals surface area contributed by atoms with Crippen molar-refractivity contribution in [2.45, 2.75) is 71.4 Å². The first-order valence-corrected chi connectivity index (χ1v) is 7.40. The van der Waals surface area contributed by atoms with Gasteiger partial charge in [-0.25, -0.2) is 0 Å². The van der Waals surface area contributed by atoms with E-state index in [4.69, 9.17) is 4.74 Å². The quantitative estimate of drug-likeness (QED) is 0.815. The molecule has 1 saturated carbocycles. The van der Waals surface area contributed by atoms with E-state index in [0.29, 0.717) is 11.5 Å². The van der Waals surface area contributed by atoms with Gasteiger partial charge in [0.2, 0.25) is 0 Å². The molecule has 2 rings (SSSR count). The Morgan fingerprint density at radius 2 is 1.76 bits per heavy atom. The minimum Gasteiger partial charge on any atom is -0.377 e. The first-order chi connectivity index (χ1) is 8.05. The molecule has 1 atom stereocenters. The summed E-state index contributed by atoms with van der Waals surface area (Å²) in [5.41, 5.74) is 0.500. The highest BCUT2D eigenvalue weighted by Crippen LogP contribution is 2.37. The number of nitrogens with one attached hydrogen (secondary N) is 1. The van der Waals surface area contributed by atoms with Crippen molar-refractivity contribution in [2.24, 2.45) is 11.3 Å². The van der Waals surface area contributed by atoms with Crippen LogP contribution >= 0.6 is 0 Å². The predicted molar refractivity (Wildman–Crippen MR) is 72.2 cm³/mol. The van der Waals surface area contributed by atoms with Crippen molar-refractivity contribution in [3.05, 3.63) is 0 Å². The largest absolute Gasteiger partial charge is 0.377 e. The molecule has 100 valence electrons. The van der Waals surface area contributed by atoms with E-state index in [1.807, 2.05) is 0 Å². The van der Waals surface area contributed by atoms with Gasteiger partial charge in [0.15, 0.2) is 0 Å². The summed E-state index contributed by atoms with van der Waals surface area (Å²) in [7, 11) is 0. The fourth-order valence-corrected chi connectivity index (χ4v) is 3.27. The topological polar surface area (TPSA) is 21.3 Å². The molecule has 0 bridgehead atoms. The minimum absolute atomic E-state index is 0.496. The Labute approximate surface area is 107 Å². The molecule has 1 aliphatic heterocycles. The van der Waals surface area contributed by atoms with Gasteiger partial charge in [-0.3, -0.25) is 0 Å². The van der Waals surface area contributed by atoms with E-state index in [2.05, 4.69) is 26.1 Å². The summed E-state index contributed by atoms with van der Waals surface area (Å²) >= 11 is 0. The van der Waals surface area contributed by atoms with Crippen LogP contribution in [0.5, 0.6) is 0 Å². The average molecular weight is 239 g/mol. The molecule has 2 fully saturated rings. The molecule has 0 aromatic heterocycles. The van der Waals surface area contributed by atoms with Crippen molar-refractivity contribution >= 4 is 0 Å². The monoisotopic (exact) mass is 239 g/mol. The van der Waals surface area contributed by atoms with Crippen molar-refractivity contribution in [1.82, 2.24) is 5.32 Å². The highest BCUT2D eigenvalue weighted by Gasteiger charge is 2.29. The molecule has 0 radical (unpaired) electrons. The second-order valence-corrected chi connectivity index (χ2v) is 6.96. The number of ether oxygens (including phenoxy) is 1. The lowest BCUT2D eigenvalue weighted by molar-refractivity contribution is 0.100. The van der Waals surface area contributed by atoms with Crippen molar-refractivity contribution in [1.29, 1.82) is 0 Å². The molecule has 17 heavy (non-hydrogen) atoms. The molecule has 0 unspecified atom stereocenters. The van der Waals surface area contributed by atoms with Gasteiger partial charge in [-0.1, -0.05) is 20.8 Å². The molecule has 0 spiro atoms. The van der Waals surface area contributed by atoms with Crippen LogP contribution in [-0.4, -0.2) is 25.3 Å². The van der Waals surface area contributed by atoms with Crippen molar-refractivity contribution in [2.75, 3.05) is 13.2 Å². The number of hydrogen-bond acceptors (Lipinski definition) is 2. The fourth-order valence-electron chi connectivity index (χ4n) is 3.27. The van der Waals surface area contributed by atoms with Crippen LogP contribution in [0.2, 0.25) is 0 Å². The van der Waals surface area contributed by atoms with E-state index in [1.54, 1.807) is 0 Å². The summed E-state index contributed by atoms with van der Waals surface area (Å²) in [6.45, 7) is 9.21. The Bertz CT molecular complexity index is 220. The van der Waals surface area contributed by atoms with Crippen LogP contribution in [-0.2, 0) is 4.74 Å². The van der Waals surface area contributed by atoms with E-state index < -0.39 is 0 Å². The van der Waals surface area contributed by atoms with Crippen LogP contribution in [0.3, 0.4) is 0 Å². The van der Waals surface area contributed by atoms with Crippen LogP contribution < -0.4 is 5.32 Å². The lowest BCUT2D eigenvalue weighted by Gasteiger charge is -2.37. The number of rotatable bonds is 3. The van der Waals surface area contributed by atoms with Gasteiger partial charge >= 0.3 is 0 Å². The summed E-state index contributed by atoms with van der Waals surface area (Å²) in [6.07, 6.45) is 8.51. The third kappa shape index (κ3) is 3.96. The molecule has 1 saturated heterocycles. The number of hydrogen-bond donors (Lipinski definition) is 1. The zero-order valence-electron chi connectivity index (χ0n) is 11.8. The summed E-state index contributed by atoms with van der Waals surface area (Å²) in [6, 6.07) is 0.748. The normalized spacial score (nSPS) is 35.1. The molecule has 0 aromatic rings. The Morgan fingerprint density at radius 1 is 1.06 bits per heavy atom. The first-order valence-electron chi connectivity index (χ1n) is 7.40. The molecular formula is C15H29NO. The van der Waals surface area contributed by atoms with E-state index in [1.165, 1.54) is 38.5 Å². The second kappa shape index (κ2) is 5.71. The van der Waals surface area contributed by atoms with E-state index >= 15 is 0 Å². The average Bonchev–Trinajstić information content (AvgIpc) is 2.78. The molecule has 1 aliphatic carbocycles. The van der Waals surface area contributed by atoms with E-state index in [-0.39, 0.29) is 0 Å². The standard InChI is InChI=1S/C15H29NO/c1-15(2,3)12-6-8-13(9-7-12)16-11-14-5-4-10-17-14/h12-14,16H,4-11H2,1-3H3/t12?,13?,14-/m0/s1. The van der Waals surface area contributed by atoms with Gasteiger partial charge in [-0.2, -0.15) is 0 Å². The summed E-state index contributed by atoms with van der Waals surface area (Å²) in [5, 5.41) is 3.71. The van der Waals surface area contributed by atoms with Gasteiger partial charge in [0, 0.05) is 19.2 Å². The van der Waals surface area contributed by atoms with Gasteiger partial charge in [-0.05, 0) is 49.9 Å². The molecule has 0 aromatic carbocycles. The van der Waals surface area contributed by atoms with Gasteiger partial charge < -0.3 is 10.1 Å². The smallest absolute Gasteiger partial charge is 0.0700 e. The fraction of sp³-hybridized carbons (Fsp3) is 1.00. The van der Waals surface area contributed by atoms with Crippen LogP contribution in [0.15, 0.2) is 0 Å². The van der Waals surface area contributed by atoms with Gasteiger partial charge in [0.05, 0.1) is 6.10 Å². The maximum Gasteiger partial charge on any atom is 0.0700 e.